The van der Waals surface area contributed by atoms with Crippen LogP contribution in [0, 0.1) is 12.7 Å². The zero-order chi connectivity index (χ0) is 14.7. The Morgan fingerprint density at radius 2 is 1.90 bits per heavy atom. The van der Waals surface area contributed by atoms with Crippen molar-refractivity contribution >= 4 is 23.2 Å². The minimum Gasteiger partial charge on any atom is -0.370 e. The van der Waals surface area contributed by atoms with Crippen LogP contribution in [0.15, 0.2) is 42.5 Å². The predicted molar refractivity (Wildman–Crippen MR) is 78.1 cm³/mol. The SMILES string of the molecule is Cc1ccc(NC(C(N)=O)c2c(F)cccc2Cl)cc1. The number of benzene rings is 2. The van der Waals surface area contributed by atoms with Gasteiger partial charge in [0.15, 0.2) is 0 Å². The number of anilines is 1. The summed E-state index contributed by atoms with van der Waals surface area (Å²) in [5, 5.41) is 3.07. The van der Waals surface area contributed by atoms with Gasteiger partial charge in [-0.15, -0.1) is 0 Å². The van der Waals surface area contributed by atoms with Crippen LogP contribution in [0.5, 0.6) is 0 Å². The van der Waals surface area contributed by atoms with Crippen LogP contribution in [-0.2, 0) is 4.79 Å². The van der Waals surface area contributed by atoms with Crippen molar-refractivity contribution in [1.82, 2.24) is 0 Å². The summed E-state index contributed by atoms with van der Waals surface area (Å²) >= 11 is 5.97. The molecule has 5 heteroatoms. The number of nitrogens with two attached hydrogens (primary N) is 1. The van der Waals surface area contributed by atoms with Crippen LogP contribution in [0.2, 0.25) is 5.02 Å². The van der Waals surface area contributed by atoms with E-state index in [1.165, 1.54) is 18.2 Å². The van der Waals surface area contributed by atoms with Gasteiger partial charge in [-0.2, -0.15) is 0 Å². The van der Waals surface area contributed by atoms with Crippen molar-refractivity contribution in [3.63, 3.8) is 0 Å². The first-order valence-corrected chi connectivity index (χ1v) is 6.43. The molecule has 0 aliphatic carbocycles. The zero-order valence-corrected chi connectivity index (χ0v) is 11.6. The number of carbonyl (C=O) groups is 1. The Morgan fingerprint density at radius 3 is 2.45 bits per heavy atom. The molecule has 0 bridgehead atoms. The predicted octanol–water partition coefficient (Wildman–Crippen LogP) is 3.43. The third-order valence-corrected chi connectivity index (χ3v) is 3.27. The number of aryl methyl sites for hydroxylation is 1. The smallest absolute Gasteiger partial charge is 0.244 e. The molecular formula is C15H14ClFN2O. The number of primary amides is 1. The Hall–Kier alpha value is -2.07. The number of amides is 1. The Kier molecular flexibility index (Phi) is 4.25. The summed E-state index contributed by atoms with van der Waals surface area (Å²) < 4.78 is 13.9. The molecule has 1 amide bonds. The molecule has 0 radical (unpaired) electrons. The molecule has 2 aromatic carbocycles. The van der Waals surface area contributed by atoms with E-state index in [1.54, 1.807) is 12.1 Å². The third kappa shape index (κ3) is 3.08. The molecule has 0 spiro atoms. The third-order valence-electron chi connectivity index (χ3n) is 2.94. The van der Waals surface area contributed by atoms with Crippen LogP contribution in [0.25, 0.3) is 0 Å². The van der Waals surface area contributed by atoms with Gasteiger partial charge in [0.25, 0.3) is 0 Å². The van der Waals surface area contributed by atoms with Crippen LogP contribution in [0.4, 0.5) is 10.1 Å². The highest BCUT2D eigenvalue weighted by Gasteiger charge is 2.23. The number of nitrogens with one attached hydrogen (secondary N) is 1. The Labute approximate surface area is 121 Å². The molecule has 1 atom stereocenters. The number of halogens is 2. The molecule has 0 saturated heterocycles. The van der Waals surface area contributed by atoms with E-state index >= 15 is 0 Å². The molecule has 0 aliphatic rings. The Balaban J connectivity index is 2.37. The lowest BCUT2D eigenvalue weighted by molar-refractivity contribution is -0.118. The van der Waals surface area contributed by atoms with Crippen LogP contribution >= 0.6 is 11.6 Å². The van der Waals surface area contributed by atoms with Crippen molar-refractivity contribution in [3.05, 3.63) is 64.4 Å². The fraction of sp³-hybridized carbons (Fsp3) is 0.133. The van der Waals surface area contributed by atoms with Gasteiger partial charge in [0.2, 0.25) is 5.91 Å². The van der Waals surface area contributed by atoms with E-state index in [1.807, 2.05) is 19.1 Å². The van der Waals surface area contributed by atoms with Gasteiger partial charge in [0, 0.05) is 16.3 Å². The lowest BCUT2D eigenvalue weighted by atomic mass is 10.0. The minimum atomic E-state index is -1.02. The van der Waals surface area contributed by atoms with Gasteiger partial charge in [-0.05, 0) is 31.2 Å². The van der Waals surface area contributed by atoms with Crippen LogP contribution in [0.3, 0.4) is 0 Å². The van der Waals surface area contributed by atoms with E-state index in [-0.39, 0.29) is 10.6 Å². The van der Waals surface area contributed by atoms with E-state index in [0.717, 1.165) is 5.56 Å². The summed E-state index contributed by atoms with van der Waals surface area (Å²) in [5.41, 5.74) is 7.16. The van der Waals surface area contributed by atoms with Crippen LogP contribution in [0.1, 0.15) is 17.2 Å². The summed E-state index contributed by atoms with van der Waals surface area (Å²) in [6.45, 7) is 1.95. The molecule has 0 fully saturated rings. The Bertz CT molecular complexity index is 608. The van der Waals surface area contributed by atoms with Crippen molar-refractivity contribution in [1.29, 1.82) is 0 Å². The lowest BCUT2D eigenvalue weighted by Crippen LogP contribution is -2.28. The summed E-state index contributed by atoms with van der Waals surface area (Å²) in [5.74, 6) is -1.27. The van der Waals surface area contributed by atoms with Gasteiger partial charge in [-0.3, -0.25) is 4.79 Å². The van der Waals surface area contributed by atoms with Gasteiger partial charge < -0.3 is 11.1 Å². The fourth-order valence-electron chi connectivity index (χ4n) is 1.89. The van der Waals surface area contributed by atoms with Crippen molar-refractivity contribution in [2.24, 2.45) is 5.73 Å². The van der Waals surface area contributed by atoms with E-state index in [4.69, 9.17) is 17.3 Å². The lowest BCUT2D eigenvalue weighted by Gasteiger charge is -2.19. The fourth-order valence-corrected chi connectivity index (χ4v) is 2.16. The van der Waals surface area contributed by atoms with E-state index in [9.17, 15) is 9.18 Å². The van der Waals surface area contributed by atoms with Crippen molar-refractivity contribution < 1.29 is 9.18 Å². The van der Waals surface area contributed by atoms with Gasteiger partial charge in [-0.1, -0.05) is 35.4 Å². The van der Waals surface area contributed by atoms with Crippen molar-refractivity contribution in [3.8, 4) is 0 Å². The van der Waals surface area contributed by atoms with Gasteiger partial charge >= 0.3 is 0 Å². The highest BCUT2D eigenvalue weighted by Crippen LogP contribution is 2.28. The van der Waals surface area contributed by atoms with Crippen molar-refractivity contribution in [2.75, 3.05) is 5.32 Å². The molecule has 0 saturated carbocycles. The molecule has 2 rings (SSSR count). The standard InChI is InChI=1S/C15H14ClFN2O/c1-9-5-7-10(8-6-9)19-14(15(18)20)13-11(16)3-2-4-12(13)17/h2-8,14,19H,1H3,(H2,18,20). The summed E-state index contributed by atoms with van der Waals surface area (Å²) in [7, 11) is 0. The second kappa shape index (κ2) is 5.92. The maximum absolute atomic E-state index is 13.9. The first-order chi connectivity index (χ1) is 9.49. The second-order valence-corrected chi connectivity index (χ2v) is 4.89. The molecule has 1 unspecified atom stereocenters. The van der Waals surface area contributed by atoms with E-state index < -0.39 is 17.8 Å². The quantitative estimate of drug-likeness (QED) is 0.907. The monoisotopic (exact) mass is 292 g/mol. The highest BCUT2D eigenvalue weighted by atomic mass is 35.5. The average Bonchev–Trinajstić information content (AvgIpc) is 2.39. The molecule has 104 valence electrons. The normalized spacial score (nSPS) is 11.9. The molecule has 3 nitrogen and oxygen atoms in total. The summed E-state index contributed by atoms with van der Waals surface area (Å²) in [4.78, 5) is 11.6. The number of carbonyl (C=O) groups excluding carboxylic acids is 1. The molecule has 20 heavy (non-hydrogen) atoms. The topological polar surface area (TPSA) is 55.1 Å². The average molecular weight is 293 g/mol. The van der Waals surface area contributed by atoms with Gasteiger partial charge in [0.1, 0.15) is 11.9 Å². The second-order valence-electron chi connectivity index (χ2n) is 4.48. The van der Waals surface area contributed by atoms with Crippen molar-refractivity contribution in [2.45, 2.75) is 13.0 Å². The van der Waals surface area contributed by atoms with Crippen LogP contribution < -0.4 is 11.1 Å². The van der Waals surface area contributed by atoms with E-state index in [0.29, 0.717) is 5.69 Å². The maximum atomic E-state index is 13.9. The van der Waals surface area contributed by atoms with Gasteiger partial charge in [-0.25, -0.2) is 4.39 Å². The first kappa shape index (κ1) is 14.3. The zero-order valence-electron chi connectivity index (χ0n) is 10.9. The summed E-state index contributed by atoms with van der Waals surface area (Å²) in [6, 6.07) is 10.6. The highest BCUT2D eigenvalue weighted by molar-refractivity contribution is 6.31. The van der Waals surface area contributed by atoms with Crippen LogP contribution in [-0.4, -0.2) is 5.91 Å². The molecule has 0 heterocycles. The maximum Gasteiger partial charge on any atom is 0.244 e. The van der Waals surface area contributed by atoms with Gasteiger partial charge in [0.05, 0.1) is 0 Å². The molecule has 2 aromatic rings. The number of rotatable bonds is 4. The van der Waals surface area contributed by atoms with E-state index in [2.05, 4.69) is 5.32 Å². The Morgan fingerprint density at radius 1 is 1.25 bits per heavy atom. The molecule has 0 aromatic heterocycles. The number of hydrogen-bond donors (Lipinski definition) is 2. The largest absolute Gasteiger partial charge is 0.370 e. The first-order valence-electron chi connectivity index (χ1n) is 6.05. The molecule has 3 N–H and O–H groups in total. The molecule has 0 aliphatic heterocycles. The molecular weight excluding hydrogens is 279 g/mol. The summed E-state index contributed by atoms with van der Waals surface area (Å²) in [6.07, 6.45) is 0. The minimum absolute atomic E-state index is 0.0576. The number of hydrogen-bond acceptors (Lipinski definition) is 2.